The maximum Gasteiger partial charge on any atom is 0.343 e. The van der Waals surface area contributed by atoms with Crippen molar-refractivity contribution in [1.29, 1.82) is 0 Å². The summed E-state index contributed by atoms with van der Waals surface area (Å²) >= 11 is 1.28. The van der Waals surface area contributed by atoms with Gasteiger partial charge in [0.15, 0.2) is 5.16 Å². The van der Waals surface area contributed by atoms with Gasteiger partial charge >= 0.3 is 5.69 Å². The zero-order valence-electron chi connectivity index (χ0n) is 15.2. The van der Waals surface area contributed by atoms with Crippen LogP contribution in [0, 0.1) is 0 Å². The first-order valence-electron chi connectivity index (χ1n) is 8.73. The van der Waals surface area contributed by atoms with Gasteiger partial charge in [0, 0.05) is 20.1 Å². The molecule has 0 aliphatic heterocycles. The normalized spacial score (nSPS) is 10.7. The summed E-state index contributed by atoms with van der Waals surface area (Å²) in [5.74, 6) is 0.229. The van der Waals surface area contributed by atoms with Crippen LogP contribution in [-0.2, 0) is 24.3 Å². The van der Waals surface area contributed by atoms with Crippen LogP contribution in [0.5, 0.6) is 0 Å². The van der Waals surface area contributed by atoms with Crippen LogP contribution in [-0.4, -0.2) is 38.4 Å². The minimum Gasteiger partial charge on any atom is -0.341 e. The van der Waals surface area contributed by atoms with Crippen LogP contribution in [0.15, 0.2) is 70.6 Å². The van der Waals surface area contributed by atoms with Crippen LogP contribution in [0.3, 0.4) is 0 Å². The molecular formula is C20H22N4O2S. The Bertz CT molecular complexity index is 922. The van der Waals surface area contributed by atoms with E-state index in [-0.39, 0.29) is 17.3 Å². The molecule has 0 atom stereocenters. The molecule has 0 unspecified atom stereocenters. The van der Waals surface area contributed by atoms with Crippen molar-refractivity contribution in [3.8, 4) is 0 Å². The van der Waals surface area contributed by atoms with Crippen LogP contribution in [0.25, 0.3) is 0 Å². The van der Waals surface area contributed by atoms with Crippen LogP contribution in [0.4, 0.5) is 0 Å². The minimum atomic E-state index is -0.251. The molecule has 1 aromatic heterocycles. The SMILES string of the molecule is CN(Cc1ccccc1)C(=O)CSc1n[nH]c(=O)n1CCc1ccccc1. The van der Waals surface area contributed by atoms with E-state index in [9.17, 15) is 9.59 Å². The van der Waals surface area contributed by atoms with Crippen LogP contribution >= 0.6 is 11.8 Å². The number of aromatic amines is 1. The molecule has 0 saturated carbocycles. The van der Waals surface area contributed by atoms with Gasteiger partial charge in [0.05, 0.1) is 5.75 Å². The van der Waals surface area contributed by atoms with Crippen molar-refractivity contribution >= 4 is 17.7 Å². The Kier molecular flexibility index (Phi) is 6.49. The lowest BCUT2D eigenvalue weighted by Gasteiger charge is -2.17. The van der Waals surface area contributed by atoms with E-state index >= 15 is 0 Å². The van der Waals surface area contributed by atoms with Crippen molar-refractivity contribution in [1.82, 2.24) is 19.7 Å². The summed E-state index contributed by atoms with van der Waals surface area (Å²) in [4.78, 5) is 26.1. The summed E-state index contributed by atoms with van der Waals surface area (Å²) < 4.78 is 1.59. The molecule has 0 fully saturated rings. The Hall–Kier alpha value is -2.80. The molecule has 27 heavy (non-hydrogen) atoms. The Morgan fingerprint density at radius 1 is 1.07 bits per heavy atom. The molecule has 1 N–H and O–H groups in total. The lowest BCUT2D eigenvalue weighted by Crippen LogP contribution is -2.28. The number of thioether (sulfide) groups is 1. The topological polar surface area (TPSA) is 71.0 Å². The number of hydrogen-bond donors (Lipinski definition) is 1. The first kappa shape index (κ1) is 19.0. The van der Waals surface area contributed by atoms with Crippen molar-refractivity contribution in [3.63, 3.8) is 0 Å². The molecule has 1 heterocycles. The van der Waals surface area contributed by atoms with E-state index in [1.54, 1.807) is 16.5 Å². The fraction of sp³-hybridized carbons (Fsp3) is 0.250. The second-order valence-corrected chi connectivity index (χ2v) is 7.17. The third-order valence-corrected chi connectivity index (χ3v) is 5.16. The number of benzene rings is 2. The van der Waals surface area contributed by atoms with E-state index in [4.69, 9.17) is 0 Å². The largest absolute Gasteiger partial charge is 0.343 e. The van der Waals surface area contributed by atoms with Gasteiger partial charge in [-0.1, -0.05) is 72.4 Å². The molecule has 140 valence electrons. The van der Waals surface area contributed by atoms with Gasteiger partial charge in [-0.2, -0.15) is 0 Å². The summed E-state index contributed by atoms with van der Waals surface area (Å²) in [6, 6.07) is 19.8. The maximum atomic E-state index is 12.4. The number of nitrogens with zero attached hydrogens (tertiary/aromatic N) is 3. The number of H-pyrrole nitrogens is 1. The zero-order chi connectivity index (χ0) is 19.1. The smallest absolute Gasteiger partial charge is 0.341 e. The molecule has 3 rings (SSSR count). The van der Waals surface area contributed by atoms with Crippen molar-refractivity contribution in [3.05, 3.63) is 82.3 Å². The van der Waals surface area contributed by atoms with Crippen LogP contribution < -0.4 is 5.69 Å². The molecule has 3 aromatic rings. The molecule has 0 aliphatic carbocycles. The van der Waals surface area contributed by atoms with E-state index in [1.807, 2.05) is 60.7 Å². The standard InChI is InChI=1S/C20H22N4O2S/c1-23(14-17-10-6-3-7-11-17)18(25)15-27-20-22-21-19(26)24(20)13-12-16-8-4-2-5-9-16/h2-11H,12-15H2,1H3,(H,21,26). The third-order valence-electron chi connectivity index (χ3n) is 4.20. The number of nitrogens with one attached hydrogen (secondary N) is 1. The molecule has 0 radical (unpaired) electrons. The number of aromatic nitrogens is 3. The lowest BCUT2D eigenvalue weighted by molar-refractivity contribution is -0.127. The highest BCUT2D eigenvalue weighted by molar-refractivity contribution is 7.99. The van der Waals surface area contributed by atoms with Crippen molar-refractivity contribution in [2.45, 2.75) is 24.7 Å². The fourth-order valence-electron chi connectivity index (χ4n) is 2.68. The van der Waals surface area contributed by atoms with Crippen LogP contribution in [0.1, 0.15) is 11.1 Å². The zero-order valence-corrected chi connectivity index (χ0v) is 16.0. The molecule has 0 spiro atoms. The second-order valence-electron chi connectivity index (χ2n) is 6.22. The molecule has 0 saturated heterocycles. The molecule has 2 aromatic carbocycles. The highest BCUT2D eigenvalue weighted by Gasteiger charge is 2.14. The minimum absolute atomic E-state index is 0.00564. The summed E-state index contributed by atoms with van der Waals surface area (Å²) in [5.41, 5.74) is 1.98. The summed E-state index contributed by atoms with van der Waals surface area (Å²) in [7, 11) is 1.78. The Labute approximate surface area is 162 Å². The van der Waals surface area contributed by atoms with E-state index in [0.29, 0.717) is 18.2 Å². The van der Waals surface area contributed by atoms with Gasteiger partial charge in [0.25, 0.3) is 0 Å². The molecule has 0 aliphatic rings. The van der Waals surface area contributed by atoms with E-state index in [0.717, 1.165) is 17.5 Å². The van der Waals surface area contributed by atoms with E-state index in [1.165, 1.54) is 11.8 Å². The van der Waals surface area contributed by atoms with E-state index in [2.05, 4.69) is 10.2 Å². The second kappa shape index (κ2) is 9.23. The van der Waals surface area contributed by atoms with E-state index < -0.39 is 0 Å². The molecule has 7 heteroatoms. The van der Waals surface area contributed by atoms with Gasteiger partial charge in [-0.05, 0) is 17.5 Å². The molecule has 6 nitrogen and oxygen atoms in total. The van der Waals surface area contributed by atoms with Gasteiger partial charge in [-0.25, -0.2) is 9.89 Å². The summed E-state index contributed by atoms with van der Waals surface area (Å²) in [5, 5.41) is 7.08. The van der Waals surface area contributed by atoms with Crippen molar-refractivity contribution < 1.29 is 4.79 Å². The first-order chi connectivity index (χ1) is 13.1. The fourth-order valence-corrected chi connectivity index (χ4v) is 3.59. The van der Waals surface area contributed by atoms with Crippen molar-refractivity contribution in [2.75, 3.05) is 12.8 Å². The average molecular weight is 382 g/mol. The van der Waals surface area contributed by atoms with Gasteiger partial charge in [-0.3, -0.25) is 9.36 Å². The Morgan fingerprint density at radius 3 is 2.37 bits per heavy atom. The number of rotatable bonds is 8. The number of carbonyl (C=O) groups excluding carboxylic acids is 1. The number of hydrogen-bond acceptors (Lipinski definition) is 4. The lowest BCUT2D eigenvalue weighted by atomic mass is 10.1. The third kappa shape index (κ3) is 5.34. The summed E-state index contributed by atoms with van der Waals surface area (Å²) in [6.07, 6.45) is 0.732. The number of amides is 1. The Morgan fingerprint density at radius 2 is 1.70 bits per heavy atom. The van der Waals surface area contributed by atoms with Gasteiger partial charge in [0.1, 0.15) is 0 Å². The van der Waals surface area contributed by atoms with Gasteiger partial charge in [0.2, 0.25) is 5.91 Å². The van der Waals surface area contributed by atoms with Gasteiger partial charge in [-0.15, -0.1) is 5.10 Å². The molecule has 1 amide bonds. The van der Waals surface area contributed by atoms with Crippen LogP contribution in [0.2, 0.25) is 0 Å². The average Bonchev–Trinajstić information content (AvgIpc) is 3.05. The molecular weight excluding hydrogens is 360 g/mol. The number of carbonyl (C=O) groups is 1. The highest BCUT2D eigenvalue weighted by Crippen LogP contribution is 2.15. The first-order valence-corrected chi connectivity index (χ1v) is 9.72. The monoisotopic (exact) mass is 382 g/mol. The van der Waals surface area contributed by atoms with Gasteiger partial charge < -0.3 is 4.90 Å². The van der Waals surface area contributed by atoms with Crippen molar-refractivity contribution in [2.24, 2.45) is 0 Å². The summed E-state index contributed by atoms with van der Waals surface area (Å²) in [6.45, 7) is 1.08. The quantitative estimate of drug-likeness (QED) is 0.608. The Balaban J connectivity index is 1.56. The number of aryl methyl sites for hydroxylation is 1. The maximum absolute atomic E-state index is 12.4. The predicted molar refractivity (Wildman–Crippen MR) is 107 cm³/mol. The highest BCUT2D eigenvalue weighted by atomic mass is 32.2. The molecule has 0 bridgehead atoms. The predicted octanol–water partition coefficient (Wildman–Crippen LogP) is 2.56.